The van der Waals surface area contributed by atoms with E-state index in [0.717, 1.165) is 17.1 Å². The van der Waals surface area contributed by atoms with E-state index in [2.05, 4.69) is 4.98 Å². The molecular weight excluding hydrogens is 278 g/mol. The first kappa shape index (κ1) is 13.1. The van der Waals surface area contributed by atoms with E-state index in [4.69, 9.17) is 5.11 Å². The molecule has 6 nitrogen and oxygen atoms in total. The van der Waals surface area contributed by atoms with Crippen molar-refractivity contribution in [3.63, 3.8) is 0 Å². The lowest BCUT2D eigenvalue weighted by Gasteiger charge is -2.30. The smallest absolute Gasteiger partial charge is 0.308 e. The highest BCUT2D eigenvalue weighted by atomic mass is 32.1. The van der Waals surface area contributed by atoms with Gasteiger partial charge in [-0.2, -0.15) is 0 Å². The number of carboxylic acid groups (broad SMARTS) is 1. The van der Waals surface area contributed by atoms with E-state index in [9.17, 15) is 9.59 Å². The van der Waals surface area contributed by atoms with Crippen LogP contribution in [0.1, 0.15) is 18.5 Å². The predicted octanol–water partition coefficient (Wildman–Crippen LogP) is 1.26. The Morgan fingerprint density at radius 1 is 1.50 bits per heavy atom. The lowest BCUT2D eigenvalue weighted by atomic mass is 9.98. The number of likely N-dealkylation sites (tertiary alicyclic amines) is 1. The number of rotatable bonds is 3. The fourth-order valence-electron chi connectivity index (χ4n) is 2.53. The number of piperidine rings is 1. The third kappa shape index (κ3) is 2.53. The third-order valence-corrected chi connectivity index (χ3v) is 4.37. The van der Waals surface area contributed by atoms with Gasteiger partial charge in [0.15, 0.2) is 4.96 Å². The zero-order valence-electron chi connectivity index (χ0n) is 10.9. The summed E-state index contributed by atoms with van der Waals surface area (Å²) in [5, 5.41) is 11.0. The van der Waals surface area contributed by atoms with Crippen LogP contribution in [0.5, 0.6) is 0 Å². The van der Waals surface area contributed by atoms with Gasteiger partial charge in [-0.1, -0.05) is 0 Å². The van der Waals surface area contributed by atoms with E-state index in [1.165, 1.54) is 11.3 Å². The van der Waals surface area contributed by atoms with E-state index in [0.29, 0.717) is 19.5 Å². The molecule has 1 amide bonds. The summed E-state index contributed by atoms with van der Waals surface area (Å²) >= 11 is 1.52. The zero-order valence-corrected chi connectivity index (χ0v) is 11.7. The molecule has 0 saturated carbocycles. The fourth-order valence-corrected chi connectivity index (χ4v) is 3.25. The summed E-state index contributed by atoms with van der Waals surface area (Å²) in [6.07, 6.45) is 5.39. The largest absolute Gasteiger partial charge is 0.481 e. The van der Waals surface area contributed by atoms with E-state index in [1.54, 1.807) is 4.90 Å². The number of amides is 1. The van der Waals surface area contributed by atoms with Crippen molar-refractivity contribution in [3.05, 3.63) is 23.5 Å². The maximum Gasteiger partial charge on any atom is 0.308 e. The molecule has 2 aromatic rings. The number of aromatic nitrogens is 2. The molecule has 7 heteroatoms. The number of thiazole rings is 1. The number of hydrogen-bond acceptors (Lipinski definition) is 4. The first-order valence-electron chi connectivity index (χ1n) is 6.55. The number of imidazole rings is 1. The van der Waals surface area contributed by atoms with Gasteiger partial charge < -0.3 is 10.0 Å². The van der Waals surface area contributed by atoms with Crippen molar-refractivity contribution in [2.24, 2.45) is 5.92 Å². The highest BCUT2D eigenvalue weighted by molar-refractivity contribution is 7.15. The van der Waals surface area contributed by atoms with Gasteiger partial charge in [0.1, 0.15) is 0 Å². The van der Waals surface area contributed by atoms with Gasteiger partial charge in [0, 0.05) is 30.9 Å². The molecular formula is C13H15N3O3S. The number of carbonyl (C=O) groups excluding carboxylic acids is 1. The Morgan fingerprint density at radius 3 is 3.10 bits per heavy atom. The first-order valence-corrected chi connectivity index (χ1v) is 7.43. The van der Waals surface area contributed by atoms with Crippen LogP contribution in [0, 0.1) is 5.92 Å². The summed E-state index contributed by atoms with van der Waals surface area (Å²) in [4.78, 5) is 30.1. The van der Waals surface area contributed by atoms with Crippen LogP contribution in [0.2, 0.25) is 0 Å². The third-order valence-electron chi connectivity index (χ3n) is 3.60. The van der Waals surface area contributed by atoms with Crippen LogP contribution in [0.15, 0.2) is 17.8 Å². The molecule has 0 aromatic carbocycles. The van der Waals surface area contributed by atoms with Gasteiger partial charge in [-0.25, -0.2) is 4.98 Å². The minimum Gasteiger partial charge on any atom is -0.481 e. The Labute approximate surface area is 119 Å². The van der Waals surface area contributed by atoms with Crippen LogP contribution in [0.25, 0.3) is 4.96 Å². The van der Waals surface area contributed by atoms with Gasteiger partial charge in [0.2, 0.25) is 5.91 Å². The van der Waals surface area contributed by atoms with Gasteiger partial charge in [-0.15, -0.1) is 11.3 Å². The quantitative estimate of drug-likeness (QED) is 0.924. The topological polar surface area (TPSA) is 74.9 Å². The molecule has 0 spiro atoms. The Morgan fingerprint density at radius 2 is 2.35 bits per heavy atom. The van der Waals surface area contributed by atoms with Crippen LogP contribution in [-0.4, -0.2) is 44.4 Å². The average Bonchev–Trinajstić information content (AvgIpc) is 2.99. The molecule has 0 unspecified atom stereocenters. The summed E-state index contributed by atoms with van der Waals surface area (Å²) in [5.74, 6) is -1.29. The second-order valence-corrected chi connectivity index (χ2v) is 5.89. The highest BCUT2D eigenvalue weighted by Gasteiger charge is 2.28. The normalized spacial score (nSPS) is 19.4. The summed E-state index contributed by atoms with van der Waals surface area (Å²) in [7, 11) is 0. The van der Waals surface area contributed by atoms with Crippen molar-refractivity contribution in [1.29, 1.82) is 0 Å². The molecule has 1 fully saturated rings. The summed E-state index contributed by atoms with van der Waals surface area (Å²) in [5.41, 5.74) is 0.735. The molecule has 1 aliphatic heterocycles. The zero-order chi connectivity index (χ0) is 14.1. The van der Waals surface area contributed by atoms with Crippen LogP contribution < -0.4 is 0 Å². The van der Waals surface area contributed by atoms with Crippen molar-refractivity contribution in [1.82, 2.24) is 14.3 Å². The molecule has 20 heavy (non-hydrogen) atoms. The highest BCUT2D eigenvalue weighted by Crippen LogP contribution is 2.18. The van der Waals surface area contributed by atoms with E-state index in [1.807, 2.05) is 22.2 Å². The molecule has 1 N–H and O–H groups in total. The standard InChI is InChI=1S/C13H15N3O3S/c17-11(15-3-1-2-9(7-15)12(18)19)6-10-8-16-4-5-20-13(16)14-10/h4-5,8-9H,1-3,6-7H2,(H,18,19)/t9-/m1/s1. The van der Waals surface area contributed by atoms with Gasteiger partial charge in [-0.3, -0.25) is 14.0 Å². The second kappa shape index (κ2) is 5.24. The predicted molar refractivity (Wildman–Crippen MR) is 73.7 cm³/mol. The lowest BCUT2D eigenvalue weighted by molar-refractivity contribution is -0.145. The summed E-state index contributed by atoms with van der Waals surface area (Å²) in [6, 6.07) is 0. The molecule has 0 radical (unpaired) electrons. The molecule has 1 saturated heterocycles. The monoisotopic (exact) mass is 293 g/mol. The van der Waals surface area contributed by atoms with Crippen LogP contribution in [0.3, 0.4) is 0 Å². The molecule has 3 rings (SSSR count). The maximum atomic E-state index is 12.2. The van der Waals surface area contributed by atoms with Gasteiger partial charge in [-0.05, 0) is 12.8 Å². The minimum atomic E-state index is -0.815. The summed E-state index contributed by atoms with van der Waals surface area (Å²) < 4.78 is 1.89. The number of carbonyl (C=O) groups is 2. The SMILES string of the molecule is O=C(O)[C@@H]1CCCN(C(=O)Cc2cn3ccsc3n2)C1. The van der Waals surface area contributed by atoms with E-state index >= 15 is 0 Å². The van der Waals surface area contributed by atoms with Crippen LogP contribution in [0.4, 0.5) is 0 Å². The number of aliphatic carboxylic acids is 1. The Balaban J connectivity index is 1.66. The van der Waals surface area contributed by atoms with E-state index in [-0.39, 0.29) is 12.3 Å². The summed E-state index contributed by atoms with van der Waals surface area (Å²) in [6.45, 7) is 0.960. The molecule has 1 aliphatic rings. The Kier molecular flexibility index (Phi) is 3.43. The van der Waals surface area contributed by atoms with Gasteiger partial charge >= 0.3 is 5.97 Å². The van der Waals surface area contributed by atoms with Crippen LogP contribution >= 0.6 is 11.3 Å². The Hall–Kier alpha value is -1.89. The van der Waals surface area contributed by atoms with Gasteiger partial charge in [0.05, 0.1) is 18.0 Å². The van der Waals surface area contributed by atoms with Crippen molar-refractivity contribution >= 4 is 28.2 Å². The molecule has 1 atom stereocenters. The minimum absolute atomic E-state index is 0.0401. The molecule has 106 valence electrons. The molecule has 3 heterocycles. The molecule has 2 aromatic heterocycles. The number of carboxylic acids is 1. The number of fused-ring (bicyclic) bond motifs is 1. The van der Waals surface area contributed by atoms with Gasteiger partial charge in [0.25, 0.3) is 0 Å². The van der Waals surface area contributed by atoms with Crippen molar-refractivity contribution in [2.75, 3.05) is 13.1 Å². The number of hydrogen-bond donors (Lipinski definition) is 1. The maximum absolute atomic E-state index is 12.2. The number of nitrogens with zero attached hydrogens (tertiary/aromatic N) is 3. The van der Waals surface area contributed by atoms with Crippen molar-refractivity contribution in [3.8, 4) is 0 Å². The van der Waals surface area contributed by atoms with Crippen molar-refractivity contribution < 1.29 is 14.7 Å². The lowest BCUT2D eigenvalue weighted by Crippen LogP contribution is -2.43. The second-order valence-electron chi connectivity index (χ2n) is 5.02. The molecule has 0 bridgehead atoms. The van der Waals surface area contributed by atoms with Crippen molar-refractivity contribution in [2.45, 2.75) is 19.3 Å². The van der Waals surface area contributed by atoms with E-state index < -0.39 is 11.9 Å². The van der Waals surface area contributed by atoms with Crippen LogP contribution in [-0.2, 0) is 16.0 Å². The fraction of sp³-hybridized carbons (Fsp3) is 0.462. The average molecular weight is 293 g/mol. The molecule has 0 aliphatic carbocycles. The Bertz CT molecular complexity index is 620. The first-order chi connectivity index (χ1) is 9.63.